The lowest BCUT2D eigenvalue weighted by atomic mass is 10.4. The van der Waals surface area contributed by atoms with Gasteiger partial charge >= 0.3 is 0 Å². The van der Waals surface area contributed by atoms with Crippen molar-refractivity contribution < 1.29 is 8.42 Å². The fourth-order valence-corrected chi connectivity index (χ4v) is 4.22. The summed E-state index contributed by atoms with van der Waals surface area (Å²) >= 11 is 6.53. The molecule has 0 saturated heterocycles. The van der Waals surface area contributed by atoms with Gasteiger partial charge in [0.25, 0.3) is 0 Å². The van der Waals surface area contributed by atoms with E-state index >= 15 is 0 Å². The van der Waals surface area contributed by atoms with Gasteiger partial charge in [-0.2, -0.15) is 0 Å². The summed E-state index contributed by atoms with van der Waals surface area (Å²) in [6.07, 6.45) is 5.95. The molecule has 2 aromatic rings. The number of benzene rings is 1. The van der Waals surface area contributed by atoms with Crippen LogP contribution in [0.15, 0.2) is 50.8 Å². The SMILES string of the molecule is O=S(=O)(NCCCn1ccnc1)c1cc(Br)ccc1Br. The van der Waals surface area contributed by atoms with Crippen molar-refractivity contribution in [2.75, 3.05) is 6.54 Å². The van der Waals surface area contributed by atoms with Crippen LogP contribution in [0.25, 0.3) is 0 Å². The molecule has 0 spiro atoms. The van der Waals surface area contributed by atoms with Crippen molar-refractivity contribution >= 4 is 41.9 Å². The average Bonchev–Trinajstić information content (AvgIpc) is 2.90. The zero-order valence-electron chi connectivity index (χ0n) is 10.5. The number of hydrogen-bond acceptors (Lipinski definition) is 3. The Morgan fingerprint density at radius 1 is 1.30 bits per heavy atom. The highest BCUT2D eigenvalue weighted by Crippen LogP contribution is 2.25. The lowest BCUT2D eigenvalue weighted by Gasteiger charge is -2.09. The van der Waals surface area contributed by atoms with Gasteiger partial charge in [0.2, 0.25) is 10.0 Å². The number of halogens is 2. The lowest BCUT2D eigenvalue weighted by molar-refractivity contribution is 0.569. The van der Waals surface area contributed by atoms with Crippen molar-refractivity contribution in [1.29, 1.82) is 0 Å². The van der Waals surface area contributed by atoms with Crippen LogP contribution in [0, 0.1) is 0 Å². The molecule has 1 aromatic heterocycles. The van der Waals surface area contributed by atoms with Gasteiger partial charge in [-0.3, -0.25) is 0 Å². The van der Waals surface area contributed by atoms with E-state index in [0.29, 0.717) is 17.4 Å². The minimum atomic E-state index is -3.51. The number of nitrogens with zero attached hydrogens (tertiary/aromatic N) is 2. The van der Waals surface area contributed by atoms with Crippen molar-refractivity contribution in [2.24, 2.45) is 0 Å². The second kappa shape index (κ2) is 6.84. The van der Waals surface area contributed by atoms with Gasteiger partial charge in [0.1, 0.15) is 0 Å². The molecular formula is C12H13Br2N3O2S. The fraction of sp³-hybridized carbons (Fsp3) is 0.250. The van der Waals surface area contributed by atoms with E-state index in [1.807, 2.05) is 10.8 Å². The molecule has 0 unspecified atom stereocenters. The predicted octanol–water partition coefficient (Wildman–Crippen LogP) is 2.78. The first-order chi connectivity index (χ1) is 9.49. The molecule has 0 amide bonds. The third-order valence-corrected chi connectivity index (χ3v) is 5.58. The smallest absolute Gasteiger partial charge is 0.241 e. The number of aryl methyl sites for hydroxylation is 1. The maximum Gasteiger partial charge on any atom is 0.241 e. The minimum Gasteiger partial charge on any atom is -0.337 e. The van der Waals surface area contributed by atoms with Crippen molar-refractivity contribution in [2.45, 2.75) is 17.9 Å². The molecule has 8 heteroatoms. The molecule has 20 heavy (non-hydrogen) atoms. The zero-order valence-corrected chi connectivity index (χ0v) is 14.4. The van der Waals surface area contributed by atoms with Gasteiger partial charge in [-0.05, 0) is 40.5 Å². The Labute approximate surface area is 134 Å². The summed E-state index contributed by atoms with van der Waals surface area (Å²) in [6.45, 7) is 1.10. The summed E-state index contributed by atoms with van der Waals surface area (Å²) in [5.41, 5.74) is 0. The van der Waals surface area contributed by atoms with Gasteiger partial charge in [0.15, 0.2) is 0 Å². The molecule has 0 atom stereocenters. The molecule has 5 nitrogen and oxygen atoms in total. The summed E-state index contributed by atoms with van der Waals surface area (Å²) in [7, 11) is -3.51. The van der Waals surface area contributed by atoms with Crippen LogP contribution < -0.4 is 4.72 Å². The highest BCUT2D eigenvalue weighted by atomic mass is 79.9. The first kappa shape index (κ1) is 15.7. The molecule has 0 aliphatic rings. The van der Waals surface area contributed by atoms with Gasteiger partial charge in [0, 0.05) is 34.4 Å². The van der Waals surface area contributed by atoms with E-state index in [9.17, 15) is 8.42 Å². The van der Waals surface area contributed by atoms with Crippen molar-refractivity contribution in [3.8, 4) is 0 Å². The standard InChI is InChI=1S/C12H13Br2N3O2S/c13-10-2-3-11(14)12(8-10)20(18,19)16-4-1-6-17-7-5-15-9-17/h2-3,5,7-9,16H,1,4,6H2. The highest BCUT2D eigenvalue weighted by molar-refractivity contribution is 9.11. The van der Waals surface area contributed by atoms with E-state index in [0.717, 1.165) is 11.0 Å². The Bertz CT molecular complexity index is 672. The molecule has 0 bridgehead atoms. The fourth-order valence-electron chi connectivity index (χ4n) is 1.65. The molecule has 2 rings (SSSR count). The van der Waals surface area contributed by atoms with E-state index in [-0.39, 0.29) is 4.90 Å². The van der Waals surface area contributed by atoms with Gasteiger partial charge in [0.05, 0.1) is 11.2 Å². The summed E-state index contributed by atoms with van der Waals surface area (Å²) < 4.78 is 30.1. The molecule has 1 aromatic carbocycles. The second-order valence-electron chi connectivity index (χ2n) is 4.13. The summed E-state index contributed by atoms with van der Waals surface area (Å²) in [4.78, 5) is 4.16. The number of aromatic nitrogens is 2. The highest BCUT2D eigenvalue weighted by Gasteiger charge is 2.17. The summed E-state index contributed by atoms with van der Waals surface area (Å²) in [5.74, 6) is 0. The summed E-state index contributed by atoms with van der Waals surface area (Å²) in [5, 5.41) is 0. The predicted molar refractivity (Wildman–Crippen MR) is 83.9 cm³/mol. The molecule has 0 aliphatic carbocycles. The van der Waals surface area contributed by atoms with Crippen molar-refractivity contribution in [3.63, 3.8) is 0 Å². The van der Waals surface area contributed by atoms with Crippen LogP contribution in [0.5, 0.6) is 0 Å². The van der Waals surface area contributed by atoms with Crippen LogP contribution >= 0.6 is 31.9 Å². The number of rotatable bonds is 6. The molecule has 0 saturated carbocycles. The molecule has 1 N–H and O–H groups in total. The molecule has 1 heterocycles. The topological polar surface area (TPSA) is 64.0 Å². The molecular weight excluding hydrogens is 410 g/mol. The van der Waals surface area contributed by atoms with Gasteiger partial charge in [-0.25, -0.2) is 18.1 Å². The summed E-state index contributed by atoms with van der Waals surface area (Å²) in [6, 6.07) is 5.05. The number of imidazole rings is 1. The van der Waals surface area contributed by atoms with Crippen LogP contribution in [0.2, 0.25) is 0 Å². The van der Waals surface area contributed by atoms with Gasteiger partial charge in [-0.1, -0.05) is 15.9 Å². The van der Waals surface area contributed by atoms with E-state index in [2.05, 4.69) is 41.6 Å². The molecule has 108 valence electrons. The van der Waals surface area contributed by atoms with Crippen LogP contribution in [-0.4, -0.2) is 24.5 Å². The van der Waals surface area contributed by atoms with Crippen LogP contribution in [0.1, 0.15) is 6.42 Å². The molecule has 0 aliphatic heterocycles. The van der Waals surface area contributed by atoms with Crippen LogP contribution in [0.3, 0.4) is 0 Å². The third-order valence-electron chi connectivity index (χ3n) is 2.63. The van der Waals surface area contributed by atoms with E-state index < -0.39 is 10.0 Å². The molecule has 0 fully saturated rings. The van der Waals surface area contributed by atoms with Gasteiger partial charge < -0.3 is 4.57 Å². The van der Waals surface area contributed by atoms with Crippen molar-refractivity contribution in [1.82, 2.24) is 14.3 Å². The first-order valence-corrected chi connectivity index (χ1v) is 8.96. The Kier molecular flexibility index (Phi) is 5.36. The Hall–Kier alpha value is -0.700. The van der Waals surface area contributed by atoms with Crippen molar-refractivity contribution in [3.05, 3.63) is 45.9 Å². The maximum absolute atomic E-state index is 12.2. The largest absolute Gasteiger partial charge is 0.337 e. The lowest BCUT2D eigenvalue weighted by Crippen LogP contribution is -2.25. The number of hydrogen-bond donors (Lipinski definition) is 1. The Balaban J connectivity index is 1.95. The van der Waals surface area contributed by atoms with E-state index in [1.165, 1.54) is 0 Å². The minimum absolute atomic E-state index is 0.231. The second-order valence-corrected chi connectivity index (χ2v) is 7.63. The van der Waals surface area contributed by atoms with E-state index in [1.54, 1.807) is 30.7 Å². The van der Waals surface area contributed by atoms with Gasteiger partial charge in [-0.15, -0.1) is 0 Å². The quantitative estimate of drug-likeness (QED) is 0.728. The monoisotopic (exact) mass is 421 g/mol. The average molecular weight is 423 g/mol. The van der Waals surface area contributed by atoms with Crippen LogP contribution in [0.4, 0.5) is 0 Å². The maximum atomic E-state index is 12.2. The first-order valence-electron chi connectivity index (χ1n) is 5.89. The number of nitrogens with one attached hydrogen (secondary N) is 1. The number of sulfonamides is 1. The third kappa shape index (κ3) is 4.15. The normalized spacial score (nSPS) is 11.7. The Morgan fingerprint density at radius 3 is 2.80 bits per heavy atom. The molecule has 0 radical (unpaired) electrons. The Morgan fingerprint density at radius 2 is 2.10 bits per heavy atom. The van der Waals surface area contributed by atoms with Crippen LogP contribution in [-0.2, 0) is 16.6 Å². The van der Waals surface area contributed by atoms with E-state index in [4.69, 9.17) is 0 Å². The zero-order chi connectivity index (χ0) is 14.6.